The lowest BCUT2D eigenvalue weighted by Gasteiger charge is -2.35. The molecule has 1 aliphatic heterocycles. The van der Waals surface area contributed by atoms with Gasteiger partial charge in [0.15, 0.2) is 0 Å². The summed E-state index contributed by atoms with van der Waals surface area (Å²) in [4.78, 5) is 6.81. The van der Waals surface area contributed by atoms with Gasteiger partial charge in [-0.25, -0.2) is 9.37 Å². The summed E-state index contributed by atoms with van der Waals surface area (Å²) in [6.45, 7) is 3.48. The molecule has 1 fully saturated rings. The van der Waals surface area contributed by atoms with Gasteiger partial charge in [0.2, 0.25) is 0 Å². The number of hydrogen-bond donors (Lipinski definition) is 1. The van der Waals surface area contributed by atoms with Gasteiger partial charge in [-0.2, -0.15) is 0 Å². The average molecular weight is 323 g/mol. The quantitative estimate of drug-likeness (QED) is 0.938. The van der Waals surface area contributed by atoms with Crippen LogP contribution in [0.3, 0.4) is 0 Å². The summed E-state index contributed by atoms with van der Waals surface area (Å²) in [6.07, 6.45) is 4.37. The Labute approximate surface area is 134 Å². The maximum Gasteiger partial charge on any atom is 0.127 e. The van der Waals surface area contributed by atoms with Gasteiger partial charge in [0, 0.05) is 56.2 Å². The summed E-state index contributed by atoms with van der Waals surface area (Å²) in [7, 11) is 2.00. The highest BCUT2D eigenvalue weighted by molar-refractivity contribution is 6.31. The normalized spacial score (nSPS) is 19.5. The Morgan fingerprint density at radius 3 is 3.05 bits per heavy atom. The first-order valence-corrected chi connectivity index (χ1v) is 7.89. The van der Waals surface area contributed by atoms with Crippen molar-refractivity contribution >= 4 is 11.6 Å². The largest absolute Gasteiger partial charge is 0.337 e. The Morgan fingerprint density at radius 2 is 2.32 bits per heavy atom. The van der Waals surface area contributed by atoms with Crippen molar-refractivity contribution in [3.05, 3.63) is 52.8 Å². The Hall–Kier alpha value is -1.43. The van der Waals surface area contributed by atoms with Gasteiger partial charge in [-0.1, -0.05) is 17.7 Å². The number of benzene rings is 1. The van der Waals surface area contributed by atoms with E-state index in [9.17, 15) is 4.39 Å². The molecule has 1 aromatic heterocycles. The van der Waals surface area contributed by atoms with Crippen LogP contribution in [0.1, 0.15) is 17.4 Å². The minimum absolute atomic E-state index is 0.208. The van der Waals surface area contributed by atoms with Gasteiger partial charge in [0.25, 0.3) is 0 Å². The molecule has 1 saturated heterocycles. The van der Waals surface area contributed by atoms with Crippen LogP contribution in [0, 0.1) is 5.82 Å². The van der Waals surface area contributed by atoms with E-state index in [0.29, 0.717) is 17.0 Å². The Bertz CT molecular complexity index is 623. The van der Waals surface area contributed by atoms with Crippen molar-refractivity contribution in [2.24, 2.45) is 7.05 Å². The average Bonchev–Trinajstić information content (AvgIpc) is 2.93. The molecule has 0 radical (unpaired) electrons. The van der Waals surface area contributed by atoms with Crippen molar-refractivity contribution in [1.82, 2.24) is 19.8 Å². The second kappa shape index (κ2) is 6.77. The van der Waals surface area contributed by atoms with E-state index in [4.69, 9.17) is 11.6 Å². The Morgan fingerprint density at radius 1 is 1.45 bits per heavy atom. The molecule has 118 valence electrons. The topological polar surface area (TPSA) is 33.1 Å². The van der Waals surface area contributed by atoms with E-state index in [1.54, 1.807) is 12.1 Å². The third-order valence-corrected chi connectivity index (χ3v) is 4.58. The lowest BCUT2D eigenvalue weighted by atomic mass is 10.1. The van der Waals surface area contributed by atoms with Crippen molar-refractivity contribution in [2.75, 3.05) is 26.2 Å². The summed E-state index contributed by atoms with van der Waals surface area (Å²) < 4.78 is 15.9. The highest BCUT2D eigenvalue weighted by Gasteiger charge is 2.26. The number of aromatic nitrogens is 2. The van der Waals surface area contributed by atoms with Crippen LogP contribution < -0.4 is 5.32 Å². The molecule has 3 rings (SSSR count). The van der Waals surface area contributed by atoms with Gasteiger partial charge in [0.1, 0.15) is 11.6 Å². The van der Waals surface area contributed by atoms with Gasteiger partial charge < -0.3 is 9.88 Å². The van der Waals surface area contributed by atoms with Gasteiger partial charge in [-0.05, 0) is 18.6 Å². The SMILES string of the molecule is Cn1ccnc1C1CNCCN1CCc1c(F)cccc1Cl. The van der Waals surface area contributed by atoms with Crippen LogP contribution in [-0.4, -0.2) is 40.6 Å². The predicted molar refractivity (Wildman–Crippen MR) is 85.5 cm³/mol. The molecule has 22 heavy (non-hydrogen) atoms. The zero-order valence-corrected chi connectivity index (χ0v) is 13.4. The van der Waals surface area contributed by atoms with Crippen molar-refractivity contribution in [3.8, 4) is 0 Å². The van der Waals surface area contributed by atoms with Gasteiger partial charge >= 0.3 is 0 Å². The fourth-order valence-electron chi connectivity index (χ4n) is 2.99. The van der Waals surface area contributed by atoms with Crippen LogP contribution in [0.5, 0.6) is 0 Å². The molecule has 0 amide bonds. The maximum absolute atomic E-state index is 13.9. The van der Waals surface area contributed by atoms with Crippen molar-refractivity contribution in [2.45, 2.75) is 12.5 Å². The molecule has 2 aromatic rings. The molecular weight excluding hydrogens is 303 g/mol. The molecule has 1 aliphatic rings. The number of rotatable bonds is 4. The van der Waals surface area contributed by atoms with Crippen LogP contribution in [0.2, 0.25) is 5.02 Å². The molecule has 6 heteroatoms. The van der Waals surface area contributed by atoms with E-state index in [0.717, 1.165) is 32.0 Å². The van der Waals surface area contributed by atoms with Gasteiger partial charge in [0.05, 0.1) is 6.04 Å². The summed E-state index contributed by atoms with van der Waals surface area (Å²) >= 11 is 6.12. The minimum atomic E-state index is -0.226. The number of imidazole rings is 1. The second-order valence-electron chi connectivity index (χ2n) is 5.60. The molecule has 1 unspecified atom stereocenters. The first-order chi connectivity index (χ1) is 10.7. The first-order valence-electron chi connectivity index (χ1n) is 7.51. The summed E-state index contributed by atoms with van der Waals surface area (Å²) in [5.74, 6) is 0.808. The lowest BCUT2D eigenvalue weighted by molar-refractivity contribution is 0.154. The van der Waals surface area contributed by atoms with E-state index in [1.807, 2.05) is 24.0 Å². The molecular formula is C16H20ClFN4. The number of nitrogens with one attached hydrogen (secondary N) is 1. The molecule has 1 N–H and O–H groups in total. The first kappa shape index (κ1) is 15.5. The van der Waals surface area contributed by atoms with Crippen LogP contribution >= 0.6 is 11.6 Å². The lowest BCUT2D eigenvalue weighted by Crippen LogP contribution is -2.47. The number of nitrogens with zero attached hydrogens (tertiary/aromatic N) is 3. The Kier molecular flexibility index (Phi) is 4.76. The van der Waals surface area contributed by atoms with Gasteiger partial charge in [-0.15, -0.1) is 0 Å². The molecule has 1 atom stereocenters. The smallest absolute Gasteiger partial charge is 0.127 e. The third kappa shape index (κ3) is 3.16. The van der Waals surface area contributed by atoms with E-state index in [2.05, 4.69) is 15.2 Å². The van der Waals surface area contributed by atoms with Crippen LogP contribution in [0.25, 0.3) is 0 Å². The molecule has 0 saturated carbocycles. The van der Waals surface area contributed by atoms with E-state index in [-0.39, 0.29) is 11.9 Å². The summed E-state index contributed by atoms with van der Waals surface area (Å²) in [6, 6.07) is 5.06. The molecule has 0 aliphatic carbocycles. The van der Waals surface area contributed by atoms with Crippen molar-refractivity contribution in [1.29, 1.82) is 0 Å². The fraction of sp³-hybridized carbons (Fsp3) is 0.438. The minimum Gasteiger partial charge on any atom is -0.337 e. The molecule has 2 heterocycles. The monoisotopic (exact) mass is 322 g/mol. The number of halogens is 2. The molecule has 1 aromatic carbocycles. The van der Waals surface area contributed by atoms with Gasteiger partial charge in [-0.3, -0.25) is 4.90 Å². The zero-order chi connectivity index (χ0) is 15.5. The summed E-state index contributed by atoms with van der Waals surface area (Å²) in [5, 5.41) is 3.91. The van der Waals surface area contributed by atoms with E-state index < -0.39 is 0 Å². The predicted octanol–water partition coefficient (Wildman–Crippen LogP) is 2.40. The molecule has 0 spiro atoms. The third-order valence-electron chi connectivity index (χ3n) is 4.22. The highest BCUT2D eigenvalue weighted by atomic mass is 35.5. The summed E-state index contributed by atoms with van der Waals surface area (Å²) in [5.41, 5.74) is 0.598. The van der Waals surface area contributed by atoms with E-state index >= 15 is 0 Å². The number of piperazine rings is 1. The standard InChI is InChI=1S/C16H20ClFN4/c1-21-9-7-20-16(21)15-11-19-6-10-22(15)8-5-12-13(17)3-2-4-14(12)18/h2-4,7,9,15,19H,5-6,8,10-11H2,1H3. The molecule has 4 nitrogen and oxygen atoms in total. The van der Waals surface area contributed by atoms with Crippen LogP contribution in [0.15, 0.2) is 30.6 Å². The van der Waals surface area contributed by atoms with Crippen molar-refractivity contribution in [3.63, 3.8) is 0 Å². The van der Waals surface area contributed by atoms with Crippen LogP contribution in [-0.2, 0) is 13.5 Å². The van der Waals surface area contributed by atoms with Crippen molar-refractivity contribution < 1.29 is 4.39 Å². The molecule has 0 bridgehead atoms. The fourth-order valence-corrected chi connectivity index (χ4v) is 3.25. The highest BCUT2D eigenvalue weighted by Crippen LogP contribution is 2.23. The number of aryl methyl sites for hydroxylation is 1. The Balaban J connectivity index is 1.74. The maximum atomic E-state index is 13.9. The second-order valence-corrected chi connectivity index (χ2v) is 6.01. The zero-order valence-electron chi connectivity index (χ0n) is 12.6. The van der Waals surface area contributed by atoms with Crippen LogP contribution in [0.4, 0.5) is 4.39 Å². The number of hydrogen-bond acceptors (Lipinski definition) is 3. The van der Waals surface area contributed by atoms with E-state index in [1.165, 1.54) is 6.07 Å².